The Bertz CT molecular complexity index is 1060. The van der Waals surface area contributed by atoms with Gasteiger partial charge >= 0.3 is 0 Å². The molecule has 0 unspecified atom stereocenters. The van der Waals surface area contributed by atoms with Crippen LogP contribution in [0, 0.1) is 10.1 Å². The van der Waals surface area contributed by atoms with E-state index in [0.29, 0.717) is 22.7 Å². The fourth-order valence-electron chi connectivity index (χ4n) is 2.64. The second kappa shape index (κ2) is 10.9. The van der Waals surface area contributed by atoms with Crippen LogP contribution >= 0.6 is 12.4 Å². The maximum absolute atomic E-state index is 10.9. The largest absolute Gasteiger partial charge is 0.497 e. The molecule has 162 valence electrons. The van der Waals surface area contributed by atoms with Gasteiger partial charge in [0.1, 0.15) is 5.75 Å². The Kier molecular flexibility index (Phi) is 8.24. The van der Waals surface area contributed by atoms with E-state index in [1.165, 1.54) is 12.1 Å². The molecular weight excluding hydrogens is 424 g/mol. The molecule has 31 heavy (non-hydrogen) atoms. The molecule has 2 aromatic carbocycles. The molecule has 0 radical (unpaired) electrons. The number of hydrogen-bond donors (Lipinski definition) is 3. The number of aliphatic imine (C=N–C) groups is 1. The monoisotopic (exact) mass is 444 g/mol. The number of nitrogens with one attached hydrogen (secondary N) is 1. The molecule has 3 rings (SSSR count). The predicted molar refractivity (Wildman–Crippen MR) is 121 cm³/mol. The third-order valence-corrected chi connectivity index (χ3v) is 4.11. The van der Waals surface area contributed by atoms with Crippen molar-refractivity contribution in [3.8, 4) is 28.3 Å². The van der Waals surface area contributed by atoms with Gasteiger partial charge in [-0.2, -0.15) is 0 Å². The van der Waals surface area contributed by atoms with Gasteiger partial charge in [-0.15, -0.1) is 12.4 Å². The van der Waals surface area contributed by atoms with E-state index in [-0.39, 0.29) is 43.2 Å². The van der Waals surface area contributed by atoms with E-state index in [9.17, 15) is 10.1 Å². The zero-order valence-corrected chi connectivity index (χ0v) is 17.4. The Labute approximate surface area is 184 Å². The van der Waals surface area contributed by atoms with Gasteiger partial charge in [-0.3, -0.25) is 20.4 Å². The molecule has 0 saturated carbocycles. The summed E-state index contributed by atoms with van der Waals surface area (Å²) in [5, 5.41) is 22.6. The van der Waals surface area contributed by atoms with Crippen LogP contribution < -0.4 is 15.8 Å². The summed E-state index contributed by atoms with van der Waals surface area (Å²) in [4.78, 5) is 23.3. The van der Waals surface area contributed by atoms with Crippen LogP contribution in [0.3, 0.4) is 0 Å². The highest BCUT2D eigenvalue weighted by atomic mass is 35.5. The molecule has 0 spiro atoms. The van der Waals surface area contributed by atoms with Crippen molar-refractivity contribution in [2.45, 2.75) is 0 Å². The number of rotatable bonds is 7. The molecule has 0 saturated heterocycles. The second-order valence-corrected chi connectivity index (χ2v) is 6.11. The summed E-state index contributed by atoms with van der Waals surface area (Å²) in [7, 11) is 1.59. The number of non-ortho nitro benzene ring substituents is 1. The van der Waals surface area contributed by atoms with Crippen LogP contribution in [0.2, 0.25) is 0 Å². The van der Waals surface area contributed by atoms with Crippen LogP contribution in [0.5, 0.6) is 5.75 Å². The molecule has 0 aliphatic heterocycles. The molecule has 1 heterocycles. The van der Waals surface area contributed by atoms with Crippen LogP contribution in [0.4, 0.5) is 11.6 Å². The highest BCUT2D eigenvalue weighted by molar-refractivity contribution is 5.91. The smallest absolute Gasteiger partial charge is 0.269 e. The Morgan fingerprint density at radius 3 is 2.16 bits per heavy atom. The molecule has 10 nitrogen and oxygen atoms in total. The van der Waals surface area contributed by atoms with E-state index in [4.69, 9.17) is 15.6 Å². The van der Waals surface area contributed by atoms with E-state index in [1.807, 2.05) is 24.3 Å². The lowest BCUT2D eigenvalue weighted by molar-refractivity contribution is -0.384. The van der Waals surface area contributed by atoms with Crippen molar-refractivity contribution in [3.05, 3.63) is 64.7 Å². The molecule has 1 aromatic heterocycles. The third kappa shape index (κ3) is 6.11. The van der Waals surface area contributed by atoms with E-state index in [0.717, 1.165) is 5.56 Å². The lowest BCUT2D eigenvalue weighted by Crippen LogP contribution is -2.24. The van der Waals surface area contributed by atoms with Crippen molar-refractivity contribution in [1.82, 2.24) is 9.97 Å². The van der Waals surface area contributed by atoms with Gasteiger partial charge in [0.15, 0.2) is 5.96 Å². The summed E-state index contributed by atoms with van der Waals surface area (Å²) in [6.45, 7) is 0.00931. The maximum Gasteiger partial charge on any atom is 0.269 e. The van der Waals surface area contributed by atoms with E-state index >= 15 is 0 Å². The number of aliphatic hydroxyl groups excluding tert-OH is 1. The minimum absolute atomic E-state index is 0. The highest BCUT2D eigenvalue weighted by Crippen LogP contribution is 2.27. The number of methoxy groups -OCH3 is 1. The van der Waals surface area contributed by atoms with Gasteiger partial charge in [-0.25, -0.2) is 9.97 Å². The SMILES string of the molecule is COc1ccc(-c2cc(-c3ccc([N+](=O)[O-])cc3)nc(NC(N)=NCCO)n2)cc1.Cl. The van der Waals surface area contributed by atoms with E-state index < -0.39 is 4.92 Å². The average Bonchev–Trinajstić information content (AvgIpc) is 2.77. The lowest BCUT2D eigenvalue weighted by atomic mass is 10.1. The van der Waals surface area contributed by atoms with Gasteiger partial charge in [0, 0.05) is 23.3 Å². The van der Waals surface area contributed by atoms with Gasteiger partial charge in [-0.05, 0) is 42.5 Å². The number of benzene rings is 2. The van der Waals surface area contributed by atoms with Crippen molar-refractivity contribution in [2.24, 2.45) is 10.7 Å². The Morgan fingerprint density at radius 2 is 1.68 bits per heavy atom. The topological polar surface area (TPSA) is 149 Å². The molecule has 0 aliphatic carbocycles. The first-order chi connectivity index (χ1) is 14.5. The Hall–Kier alpha value is -3.76. The molecule has 0 amide bonds. The third-order valence-electron chi connectivity index (χ3n) is 4.11. The molecular formula is C20H21ClN6O4. The van der Waals surface area contributed by atoms with Gasteiger partial charge < -0.3 is 15.6 Å². The number of anilines is 1. The van der Waals surface area contributed by atoms with Crippen LogP contribution in [0.1, 0.15) is 0 Å². The highest BCUT2D eigenvalue weighted by Gasteiger charge is 2.12. The number of nitro benzene ring substituents is 1. The quantitative estimate of drug-likeness (QED) is 0.218. The summed E-state index contributed by atoms with van der Waals surface area (Å²) in [6, 6.07) is 15.2. The minimum Gasteiger partial charge on any atom is -0.497 e. The van der Waals surface area contributed by atoms with Crippen LogP contribution in [0.15, 0.2) is 59.6 Å². The second-order valence-electron chi connectivity index (χ2n) is 6.11. The van der Waals surface area contributed by atoms with Crippen LogP contribution in [0.25, 0.3) is 22.5 Å². The van der Waals surface area contributed by atoms with Gasteiger partial charge in [0.2, 0.25) is 5.95 Å². The fraction of sp³-hybridized carbons (Fsp3) is 0.150. The zero-order chi connectivity index (χ0) is 21.5. The molecule has 0 aliphatic rings. The predicted octanol–water partition coefficient (Wildman–Crippen LogP) is 2.87. The molecule has 3 aromatic rings. The summed E-state index contributed by atoms with van der Waals surface area (Å²) in [5.74, 6) is 0.976. The van der Waals surface area contributed by atoms with Crippen LogP contribution in [-0.4, -0.2) is 46.2 Å². The van der Waals surface area contributed by atoms with Gasteiger partial charge in [-0.1, -0.05) is 0 Å². The number of halogens is 1. The summed E-state index contributed by atoms with van der Waals surface area (Å²) in [5.41, 5.74) is 8.45. The first-order valence-electron chi connectivity index (χ1n) is 8.96. The molecule has 0 fully saturated rings. The molecule has 4 N–H and O–H groups in total. The normalized spacial score (nSPS) is 10.8. The molecule has 11 heteroatoms. The van der Waals surface area contributed by atoms with Crippen molar-refractivity contribution in [3.63, 3.8) is 0 Å². The fourth-order valence-corrected chi connectivity index (χ4v) is 2.64. The standard InChI is InChI=1S/C20H20N6O4.ClH/c1-30-16-8-4-14(5-9-16)18-12-17(13-2-6-15(7-3-13)26(28)29)23-20(24-18)25-19(21)22-10-11-27;/h2-9,12,27H,10-11H2,1H3,(H3,21,22,23,24,25);1H. The van der Waals surface area contributed by atoms with Crippen molar-refractivity contribution >= 4 is 30.0 Å². The Morgan fingerprint density at radius 1 is 1.13 bits per heavy atom. The maximum atomic E-state index is 10.9. The number of aliphatic hydroxyl groups is 1. The number of aromatic nitrogens is 2. The van der Waals surface area contributed by atoms with Crippen molar-refractivity contribution in [2.75, 3.05) is 25.6 Å². The number of guanidine groups is 1. The molecule has 0 bridgehead atoms. The first-order valence-corrected chi connectivity index (χ1v) is 8.96. The van der Waals surface area contributed by atoms with E-state index in [1.54, 1.807) is 25.3 Å². The number of hydrogen-bond acceptors (Lipinski definition) is 7. The van der Waals surface area contributed by atoms with Crippen LogP contribution in [-0.2, 0) is 0 Å². The number of nitrogens with two attached hydrogens (primary N) is 1. The first kappa shape index (κ1) is 23.5. The van der Waals surface area contributed by atoms with E-state index in [2.05, 4.69) is 20.3 Å². The summed E-state index contributed by atoms with van der Waals surface area (Å²) >= 11 is 0. The summed E-state index contributed by atoms with van der Waals surface area (Å²) < 4.78 is 5.19. The zero-order valence-electron chi connectivity index (χ0n) is 16.6. The van der Waals surface area contributed by atoms with Gasteiger partial charge in [0.25, 0.3) is 5.69 Å². The van der Waals surface area contributed by atoms with Crippen molar-refractivity contribution < 1.29 is 14.8 Å². The number of ether oxygens (including phenoxy) is 1. The number of nitro groups is 1. The van der Waals surface area contributed by atoms with Crippen molar-refractivity contribution in [1.29, 1.82) is 0 Å². The Balaban J connectivity index is 0.00000341. The average molecular weight is 445 g/mol. The number of nitrogens with zero attached hydrogens (tertiary/aromatic N) is 4. The molecule has 0 atom stereocenters. The minimum atomic E-state index is -0.460. The summed E-state index contributed by atoms with van der Waals surface area (Å²) in [6.07, 6.45) is 0. The lowest BCUT2D eigenvalue weighted by Gasteiger charge is -2.10. The van der Waals surface area contributed by atoms with Gasteiger partial charge in [0.05, 0.1) is 36.6 Å².